The molecule has 9 aromatic carbocycles. The van der Waals surface area contributed by atoms with Crippen LogP contribution in [0.25, 0.3) is 54.6 Å². The normalized spacial score (nSPS) is 15.4. The molecule has 2 aliphatic rings. The van der Waals surface area contributed by atoms with Crippen LogP contribution in [0.4, 0.5) is 17.1 Å². The van der Waals surface area contributed by atoms with Crippen molar-refractivity contribution in [1.82, 2.24) is 0 Å². The highest BCUT2D eigenvalue weighted by molar-refractivity contribution is 7.99. The van der Waals surface area contributed by atoms with Crippen LogP contribution in [0.1, 0.15) is 22.3 Å². The van der Waals surface area contributed by atoms with Gasteiger partial charge in [0.15, 0.2) is 0 Å². The second kappa shape index (κ2) is 11.2. The number of benzene rings is 9. The Bertz CT molecular complexity index is 3160. The highest BCUT2D eigenvalue weighted by atomic mass is 32.2. The lowest BCUT2D eigenvalue weighted by molar-refractivity contribution is 0.669. The van der Waals surface area contributed by atoms with Crippen molar-refractivity contribution in [2.24, 2.45) is 0 Å². The number of rotatable bonds is 3. The van der Waals surface area contributed by atoms with Gasteiger partial charge in [0.05, 0.1) is 11.1 Å². The molecule has 12 rings (SSSR count). The van der Waals surface area contributed by atoms with E-state index in [2.05, 4.69) is 181 Å². The van der Waals surface area contributed by atoms with E-state index in [0.717, 1.165) is 39.0 Å². The lowest BCUT2D eigenvalue weighted by Gasteiger charge is -2.46. The van der Waals surface area contributed by atoms with Crippen molar-refractivity contribution in [1.29, 1.82) is 0 Å². The van der Waals surface area contributed by atoms with E-state index in [1.165, 1.54) is 64.7 Å². The van der Waals surface area contributed by atoms with Crippen molar-refractivity contribution in [2.75, 3.05) is 4.90 Å². The van der Waals surface area contributed by atoms with E-state index in [1.807, 2.05) is 23.9 Å². The molecule has 0 amide bonds. The van der Waals surface area contributed by atoms with E-state index < -0.39 is 5.41 Å². The predicted octanol–water partition coefficient (Wildman–Crippen LogP) is 14.2. The molecule has 0 radical (unpaired) electrons. The first-order chi connectivity index (χ1) is 26.8. The van der Waals surface area contributed by atoms with Crippen LogP contribution in [-0.4, -0.2) is 0 Å². The lowest BCUT2D eigenvalue weighted by atomic mass is 9.59. The number of furan rings is 1. The second-order valence-electron chi connectivity index (χ2n) is 14.4. The largest absolute Gasteiger partial charge is 0.456 e. The zero-order valence-corrected chi connectivity index (χ0v) is 30.0. The fourth-order valence-corrected chi connectivity index (χ4v) is 10.7. The molecule has 1 aromatic heterocycles. The molecule has 54 heavy (non-hydrogen) atoms. The third-order valence-corrected chi connectivity index (χ3v) is 12.8. The maximum atomic E-state index is 6.47. The van der Waals surface area contributed by atoms with Gasteiger partial charge in [0.1, 0.15) is 11.2 Å². The van der Waals surface area contributed by atoms with Crippen LogP contribution in [0, 0.1) is 0 Å². The van der Waals surface area contributed by atoms with Gasteiger partial charge >= 0.3 is 0 Å². The number of hydrogen-bond acceptors (Lipinski definition) is 3. The van der Waals surface area contributed by atoms with Crippen LogP contribution in [0.3, 0.4) is 0 Å². The number of para-hydroxylation sites is 1. The molecule has 1 aliphatic carbocycles. The van der Waals surface area contributed by atoms with Crippen LogP contribution < -0.4 is 4.90 Å². The molecule has 0 saturated carbocycles. The molecule has 2 heterocycles. The van der Waals surface area contributed by atoms with Gasteiger partial charge in [-0.15, -0.1) is 0 Å². The highest BCUT2D eigenvalue weighted by Crippen LogP contribution is 2.61. The van der Waals surface area contributed by atoms with Crippen molar-refractivity contribution in [3.8, 4) is 11.1 Å². The maximum Gasteiger partial charge on any atom is 0.137 e. The van der Waals surface area contributed by atoms with E-state index in [9.17, 15) is 0 Å². The van der Waals surface area contributed by atoms with Crippen LogP contribution in [-0.2, 0) is 5.41 Å². The minimum absolute atomic E-state index is 0.488. The summed E-state index contributed by atoms with van der Waals surface area (Å²) < 4.78 is 6.47. The average Bonchev–Trinajstić information content (AvgIpc) is 3.60. The zero-order chi connectivity index (χ0) is 35.4. The first-order valence-electron chi connectivity index (χ1n) is 18.5. The van der Waals surface area contributed by atoms with Gasteiger partial charge in [-0.3, -0.25) is 0 Å². The van der Waals surface area contributed by atoms with Crippen molar-refractivity contribution >= 4 is 72.3 Å². The monoisotopic (exact) mass is 705 g/mol. The molecular formula is C51H31NOS. The summed E-state index contributed by atoms with van der Waals surface area (Å²) in [6, 6.07) is 69.2. The van der Waals surface area contributed by atoms with Crippen LogP contribution >= 0.6 is 11.8 Å². The van der Waals surface area contributed by atoms with Gasteiger partial charge in [-0.1, -0.05) is 151 Å². The molecule has 1 atom stereocenters. The summed E-state index contributed by atoms with van der Waals surface area (Å²) in [6.45, 7) is 0. The standard InChI is InChI=1S/C51H31NOS/c1-2-16-36-32(12-1)13-11-23-45(36)52(34-26-28-39-38-18-4-7-24-46(38)53-47(39)30-34)35-27-29-43-49(31-35)54-48-25-8-6-21-42(48)51(43)41-20-5-3-17-37(41)40-19-9-14-33-15-10-22-44(51)50(33)40/h1-31H. The van der Waals surface area contributed by atoms with Crippen molar-refractivity contribution < 1.29 is 4.42 Å². The molecule has 1 spiro atoms. The second-order valence-corrected chi connectivity index (χ2v) is 15.5. The third-order valence-electron chi connectivity index (χ3n) is 11.7. The van der Waals surface area contributed by atoms with Crippen LogP contribution in [0.5, 0.6) is 0 Å². The minimum atomic E-state index is -0.488. The third kappa shape index (κ3) is 4.02. The Morgan fingerprint density at radius 1 is 0.407 bits per heavy atom. The van der Waals surface area contributed by atoms with Gasteiger partial charge in [-0.25, -0.2) is 0 Å². The Balaban J connectivity index is 1.15. The number of hydrogen-bond donors (Lipinski definition) is 0. The molecule has 3 heteroatoms. The highest BCUT2D eigenvalue weighted by Gasteiger charge is 2.48. The smallest absolute Gasteiger partial charge is 0.137 e. The van der Waals surface area contributed by atoms with Crippen LogP contribution in [0.2, 0.25) is 0 Å². The Morgan fingerprint density at radius 2 is 1.04 bits per heavy atom. The van der Waals surface area contributed by atoms with Crippen LogP contribution in [0.15, 0.2) is 202 Å². The summed E-state index contributed by atoms with van der Waals surface area (Å²) in [6.07, 6.45) is 0. The van der Waals surface area contributed by atoms with E-state index in [4.69, 9.17) is 4.42 Å². The molecule has 1 aliphatic heterocycles. The summed E-state index contributed by atoms with van der Waals surface area (Å²) >= 11 is 1.88. The molecule has 1 unspecified atom stereocenters. The molecule has 2 nitrogen and oxygen atoms in total. The zero-order valence-electron chi connectivity index (χ0n) is 29.2. The topological polar surface area (TPSA) is 16.4 Å². The van der Waals surface area contributed by atoms with Gasteiger partial charge in [0.25, 0.3) is 0 Å². The van der Waals surface area contributed by atoms with E-state index in [-0.39, 0.29) is 0 Å². The van der Waals surface area contributed by atoms with Crippen molar-refractivity contribution in [3.63, 3.8) is 0 Å². The first-order valence-corrected chi connectivity index (χ1v) is 19.3. The summed E-state index contributed by atoms with van der Waals surface area (Å²) in [5.41, 5.74) is 12.5. The molecule has 0 bridgehead atoms. The quantitative estimate of drug-likeness (QED) is 0.182. The van der Waals surface area contributed by atoms with E-state index in [1.54, 1.807) is 0 Å². The number of nitrogens with zero attached hydrogens (tertiary/aromatic N) is 1. The Morgan fingerprint density at radius 3 is 1.98 bits per heavy atom. The first kappa shape index (κ1) is 30.0. The number of anilines is 3. The van der Waals surface area contributed by atoms with Gasteiger partial charge in [-0.2, -0.15) is 0 Å². The van der Waals surface area contributed by atoms with Gasteiger partial charge in [0.2, 0.25) is 0 Å². The Kier molecular flexibility index (Phi) is 6.23. The van der Waals surface area contributed by atoms with E-state index in [0.29, 0.717) is 0 Å². The van der Waals surface area contributed by atoms with Gasteiger partial charge in [-0.05, 0) is 92.0 Å². The molecule has 0 saturated heterocycles. The lowest BCUT2D eigenvalue weighted by Crippen LogP contribution is -2.36. The van der Waals surface area contributed by atoms with E-state index >= 15 is 0 Å². The Hall–Kier alpha value is -6.55. The molecular weight excluding hydrogens is 675 g/mol. The molecule has 0 N–H and O–H groups in total. The fraction of sp³-hybridized carbons (Fsp3) is 0.0196. The molecule has 0 fully saturated rings. The van der Waals surface area contributed by atoms with Crippen molar-refractivity contribution in [2.45, 2.75) is 15.2 Å². The predicted molar refractivity (Wildman–Crippen MR) is 225 cm³/mol. The number of fused-ring (bicyclic) bond motifs is 12. The Labute approximate surface area is 316 Å². The van der Waals surface area contributed by atoms with Gasteiger partial charge in [0, 0.05) is 43.4 Å². The summed E-state index contributed by atoms with van der Waals surface area (Å²) in [4.78, 5) is 4.95. The molecule has 10 aromatic rings. The van der Waals surface area contributed by atoms with Crippen molar-refractivity contribution in [3.05, 3.63) is 210 Å². The van der Waals surface area contributed by atoms with Gasteiger partial charge < -0.3 is 9.32 Å². The summed E-state index contributed by atoms with van der Waals surface area (Å²) in [5.74, 6) is 0. The SMILES string of the molecule is c1ccc2c(c1)Sc1cc(N(c3ccc4c(c3)oc3ccccc34)c3cccc4ccccc34)ccc1C21c2ccccc2-c2cccc3cccc1c23. The minimum Gasteiger partial charge on any atom is -0.456 e. The maximum absolute atomic E-state index is 6.47. The fourth-order valence-electron chi connectivity index (χ4n) is 9.51. The molecule has 252 valence electrons. The summed E-state index contributed by atoms with van der Waals surface area (Å²) in [5, 5.41) is 7.27. The average molecular weight is 706 g/mol. The summed E-state index contributed by atoms with van der Waals surface area (Å²) in [7, 11) is 0.